The van der Waals surface area contributed by atoms with Crippen molar-refractivity contribution in [3.63, 3.8) is 0 Å². The van der Waals surface area contributed by atoms with Crippen LogP contribution in [0.2, 0.25) is 0 Å². The lowest BCUT2D eigenvalue weighted by Gasteiger charge is -2.32. The molecule has 0 unspecified atom stereocenters. The van der Waals surface area contributed by atoms with E-state index < -0.39 is 5.54 Å². The van der Waals surface area contributed by atoms with Gasteiger partial charge in [0.05, 0.1) is 16.8 Å². The molecule has 0 aliphatic heterocycles. The van der Waals surface area contributed by atoms with Crippen LogP contribution in [0.1, 0.15) is 45.4 Å². The summed E-state index contributed by atoms with van der Waals surface area (Å²) < 4.78 is 11.0. The van der Waals surface area contributed by atoms with Crippen LogP contribution in [0.15, 0.2) is 89.5 Å². The molecule has 0 bridgehead atoms. The van der Waals surface area contributed by atoms with Crippen LogP contribution in [0.4, 0.5) is 0 Å². The molecule has 1 amide bonds. The van der Waals surface area contributed by atoms with Gasteiger partial charge in [-0.1, -0.05) is 65.8 Å². The number of hydrogen-bond acceptors (Lipinski definition) is 4. The van der Waals surface area contributed by atoms with Crippen molar-refractivity contribution in [3.05, 3.63) is 119 Å². The molecule has 1 aromatic heterocycles. The molecule has 4 aromatic rings. The number of aryl methyl sites for hydroxylation is 2. The molecule has 0 atom stereocenters. The van der Waals surface area contributed by atoms with Gasteiger partial charge in [0.1, 0.15) is 18.1 Å². The maximum absolute atomic E-state index is 13.2. The minimum absolute atomic E-state index is 0.155. The van der Waals surface area contributed by atoms with Gasteiger partial charge in [0.15, 0.2) is 0 Å². The number of carbonyl (C=O) groups excluding carboxylic acids is 1. The van der Waals surface area contributed by atoms with E-state index >= 15 is 0 Å². The molecule has 0 saturated carbocycles. The first kappa shape index (κ1) is 21.4. The molecular formula is C27H26N2O3. The van der Waals surface area contributed by atoms with Crippen LogP contribution in [-0.2, 0) is 12.1 Å². The number of ether oxygens (including phenoxy) is 1. The topological polar surface area (TPSA) is 64.4 Å². The summed E-state index contributed by atoms with van der Waals surface area (Å²) >= 11 is 0. The Kier molecular flexibility index (Phi) is 6.08. The first-order valence-electron chi connectivity index (χ1n) is 10.6. The minimum atomic E-state index is -0.669. The molecule has 0 aliphatic rings. The van der Waals surface area contributed by atoms with Crippen molar-refractivity contribution in [2.24, 2.45) is 0 Å². The van der Waals surface area contributed by atoms with Crippen LogP contribution in [0.3, 0.4) is 0 Å². The van der Waals surface area contributed by atoms with Crippen molar-refractivity contribution in [2.75, 3.05) is 0 Å². The van der Waals surface area contributed by atoms with E-state index in [0.29, 0.717) is 17.9 Å². The Bertz CT molecular complexity index is 1120. The highest BCUT2D eigenvalue weighted by atomic mass is 16.5. The van der Waals surface area contributed by atoms with E-state index in [1.165, 1.54) is 0 Å². The Morgan fingerprint density at radius 2 is 1.47 bits per heavy atom. The number of nitrogens with one attached hydrogen (secondary N) is 1. The summed E-state index contributed by atoms with van der Waals surface area (Å²) in [5.74, 6) is 1.27. The van der Waals surface area contributed by atoms with Gasteiger partial charge in [0.25, 0.3) is 5.91 Å². The first-order valence-corrected chi connectivity index (χ1v) is 10.6. The number of rotatable bonds is 7. The second-order valence-electron chi connectivity index (χ2n) is 7.93. The third-order valence-electron chi connectivity index (χ3n) is 5.75. The predicted molar refractivity (Wildman–Crippen MR) is 124 cm³/mol. The number of carbonyl (C=O) groups is 1. The van der Waals surface area contributed by atoms with E-state index in [0.717, 1.165) is 28.1 Å². The lowest BCUT2D eigenvalue weighted by Crippen LogP contribution is -2.44. The summed E-state index contributed by atoms with van der Waals surface area (Å²) in [6.45, 7) is 6.14. The largest absolute Gasteiger partial charge is 0.489 e. The summed E-state index contributed by atoms with van der Waals surface area (Å²) in [5.41, 5.74) is 3.68. The molecule has 0 fully saturated rings. The van der Waals surface area contributed by atoms with E-state index in [1.54, 1.807) is 24.3 Å². The smallest absolute Gasteiger partial charge is 0.252 e. The number of aromatic nitrogens is 1. The van der Waals surface area contributed by atoms with Gasteiger partial charge in [-0.15, -0.1) is 0 Å². The summed E-state index contributed by atoms with van der Waals surface area (Å²) in [6, 6.07) is 27.1. The molecule has 1 N–H and O–H groups in total. The monoisotopic (exact) mass is 426 g/mol. The first-order chi connectivity index (χ1) is 15.5. The maximum Gasteiger partial charge on any atom is 0.252 e. The normalized spacial score (nSPS) is 11.2. The van der Waals surface area contributed by atoms with Gasteiger partial charge in [-0.25, -0.2) is 0 Å². The van der Waals surface area contributed by atoms with Crippen molar-refractivity contribution < 1.29 is 14.1 Å². The summed E-state index contributed by atoms with van der Waals surface area (Å²) in [4.78, 5) is 13.2. The van der Waals surface area contributed by atoms with Crippen molar-refractivity contribution in [2.45, 2.75) is 32.9 Å². The van der Waals surface area contributed by atoms with Crippen LogP contribution >= 0.6 is 0 Å². The molecule has 0 radical (unpaired) electrons. The third-order valence-corrected chi connectivity index (χ3v) is 5.75. The van der Waals surface area contributed by atoms with Crippen molar-refractivity contribution in [1.29, 1.82) is 0 Å². The van der Waals surface area contributed by atoms with Gasteiger partial charge >= 0.3 is 0 Å². The van der Waals surface area contributed by atoms with Gasteiger partial charge in [-0.2, -0.15) is 0 Å². The average molecular weight is 427 g/mol. The minimum Gasteiger partial charge on any atom is -0.489 e. The predicted octanol–water partition coefficient (Wildman–Crippen LogP) is 5.56. The van der Waals surface area contributed by atoms with Crippen molar-refractivity contribution in [3.8, 4) is 5.75 Å². The number of benzene rings is 3. The molecular weight excluding hydrogens is 400 g/mol. The standard InChI is InChI=1S/C27H26N2O3/c1-19-25(20(2)32-29-19)18-31-24-16-14-21(15-17-24)26(30)28-27(3,22-10-6-4-7-11-22)23-12-8-5-9-13-23/h4-17H,18H2,1-3H3,(H,28,30). The van der Waals surface area contributed by atoms with Gasteiger partial charge in [0.2, 0.25) is 0 Å². The van der Waals surface area contributed by atoms with Crippen LogP contribution in [0.25, 0.3) is 0 Å². The van der Waals surface area contributed by atoms with E-state index in [9.17, 15) is 4.79 Å². The Morgan fingerprint density at radius 3 is 1.97 bits per heavy atom. The van der Waals surface area contributed by atoms with Crippen LogP contribution in [0.5, 0.6) is 5.75 Å². The lowest BCUT2D eigenvalue weighted by molar-refractivity contribution is 0.0919. The molecule has 3 aromatic carbocycles. The fraction of sp³-hybridized carbons (Fsp3) is 0.185. The van der Waals surface area contributed by atoms with E-state index in [4.69, 9.17) is 9.26 Å². The maximum atomic E-state index is 13.2. The van der Waals surface area contributed by atoms with Gasteiger partial charge in [-0.05, 0) is 56.2 Å². The average Bonchev–Trinajstić information content (AvgIpc) is 3.16. The van der Waals surface area contributed by atoms with E-state index in [-0.39, 0.29) is 5.91 Å². The molecule has 32 heavy (non-hydrogen) atoms. The highest BCUT2D eigenvalue weighted by Gasteiger charge is 2.30. The zero-order valence-electron chi connectivity index (χ0n) is 18.5. The molecule has 5 nitrogen and oxygen atoms in total. The van der Waals surface area contributed by atoms with Crippen LogP contribution in [0, 0.1) is 13.8 Å². The highest BCUT2D eigenvalue weighted by Crippen LogP contribution is 2.29. The number of hydrogen-bond donors (Lipinski definition) is 1. The SMILES string of the molecule is Cc1noc(C)c1COc1ccc(C(=O)NC(C)(c2ccccc2)c2ccccc2)cc1. The molecule has 162 valence electrons. The van der Waals surface area contributed by atoms with Crippen LogP contribution < -0.4 is 10.1 Å². The number of nitrogens with zero attached hydrogens (tertiary/aromatic N) is 1. The van der Waals surface area contributed by atoms with Crippen LogP contribution in [-0.4, -0.2) is 11.1 Å². The second kappa shape index (κ2) is 9.10. The zero-order valence-corrected chi connectivity index (χ0v) is 18.5. The Labute approximate surface area is 188 Å². The molecule has 0 aliphatic carbocycles. The van der Waals surface area contributed by atoms with Gasteiger partial charge in [0, 0.05) is 5.56 Å². The summed E-state index contributed by atoms with van der Waals surface area (Å²) in [6.07, 6.45) is 0. The fourth-order valence-electron chi connectivity index (χ4n) is 3.72. The molecule has 1 heterocycles. The molecule has 5 heteroatoms. The molecule has 0 spiro atoms. The van der Waals surface area contributed by atoms with Gasteiger partial charge in [-0.3, -0.25) is 4.79 Å². The second-order valence-corrected chi connectivity index (χ2v) is 7.93. The summed E-state index contributed by atoms with van der Waals surface area (Å²) in [7, 11) is 0. The lowest BCUT2D eigenvalue weighted by atomic mass is 9.84. The Morgan fingerprint density at radius 1 is 0.906 bits per heavy atom. The Balaban J connectivity index is 1.51. The van der Waals surface area contributed by atoms with Gasteiger partial charge < -0.3 is 14.6 Å². The van der Waals surface area contributed by atoms with Crippen molar-refractivity contribution >= 4 is 5.91 Å². The quantitative estimate of drug-likeness (QED) is 0.420. The molecule has 0 saturated heterocycles. The summed E-state index contributed by atoms with van der Waals surface area (Å²) in [5, 5.41) is 7.17. The molecule has 4 rings (SSSR count). The highest BCUT2D eigenvalue weighted by molar-refractivity contribution is 5.95. The van der Waals surface area contributed by atoms with E-state index in [1.807, 2.05) is 81.4 Å². The third kappa shape index (κ3) is 4.42. The number of amides is 1. The fourth-order valence-corrected chi connectivity index (χ4v) is 3.72. The zero-order chi connectivity index (χ0) is 22.6. The van der Waals surface area contributed by atoms with Crippen molar-refractivity contribution in [1.82, 2.24) is 10.5 Å². The van der Waals surface area contributed by atoms with E-state index in [2.05, 4.69) is 10.5 Å². The Hall–Kier alpha value is -3.86.